The Labute approximate surface area is 114 Å². The molecule has 17 heavy (non-hydrogen) atoms. The minimum atomic E-state index is 0.380. The predicted octanol–water partition coefficient (Wildman–Crippen LogP) is 2.76. The Hall–Kier alpha value is 0.620. The van der Waals surface area contributed by atoms with E-state index in [1.807, 2.05) is 0 Å². The van der Waals surface area contributed by atoms with Crippen LogP contribution in [0.4, 0.5) is 0 Å². The molecule has 0 aliphatic carbocycles. The SMILES string of the molecule is CC1SCC(C(N)CC2CCOCC2)SC1C. The molecule has 2 nitrogen and oxygen atoms in total. The van der Waals surface area contributed by atoms with Gasteiger partial charge in [0, 0.05) is 40.8 Å². The van der Waals surface area contributed by atoms with Crippen molar-refractivity contribution in [3.05, 3.63) is 0 Å². The van der Waals surface area contributed by atoms with Gasteiger partial charge in [0.15, 0.2) is 0 Å². The highest BCUT2D eigenvalue weighted by Gasteiger charge is 2.30. The highest BCUT2D eigenvalue weighted by molar-refractivity contribution is 8.07. The lowest BCUT2D eigenvalue weighted by Gasteiger charge is -2.36. The van der Waals surface area contributed by atoms with Crippen molar-refractivity contribution in [2.24, 2.45) is 11.7 Å². The first-order valence-corrected chi connectivity index (χ1v) is 8.76. The van der Waals surface area contributed by atoms with Crippen molar-refractivity contribution < 1.29 is 4.74 Å². The molecule has 0 aromatic heterocycles. The first-order valence-electron chi connectivity index (χ1n) is 6.77. The molecule has 0 saturated carbocycles. The van der Waals surface area contributed by atoms with Gasteiger partial charge in [-0.25, -0.2) is 0 Å². The summed E-state index contributed by atoms with van der Waals surface area (Å²) in [6.45, 7) is 6.56. The van der Waals surface area contributed by atoms with Crippen molar-refractivity contribution in [2.45, 2.75) is 54.9 Å². The zero-order valence-corrected chi connectivity index (χ0v) is 12.6. The van der Waals surface area contributed by atoms with Crippen LogP contribution in [0.25, 0.3) is 0 Å². The monoisotopic (exact) mass is 275 g/mol. The van der Waals surface area contributed by atoms with Crippen LogP contribution in [0.5, 0.6) is 0 Å². The van der Waals surface area contributed by atoms with E-state index in [1.54, 1.807) is 0 Å². The predicted molar refractivity (Wildman–Crippen MR) is 78.9 cm³/mol. The van der Waals surface area contributed by atoms with Crippen LogP contribution in [-0.4, -0.2) is 40.8 Å². The lowest BCUT2D eigenvalue weighted by Crippen LogP contribution is -2.41. The lowest BCUT2D eigenvalue weighted by molar-refractivity contribution is 0.0619. The van der Waals surface area contributed by atoms with E-state index >= 15 is 0 Å². The maximum absolute atomic E-state index is 6.41. The Morgan fingerprint density at radius 2 is 1.94 bits per heavy atom. The average molecular weight is 275 g/mol. The van der Waals surface area contributed by atoms with Gasteiger partial charge >= 0.3 is 0 Å². The van der Waals surface area contributed by atoms with Crippen LogP contribution in [-0.2, 0) is 4.74 Å². The van der Waals surface area contributed by atoms with Crippen LogP contribution in [0.2, 0.25) is 0 Å². The molecule has 2 aliphatic heterocycles. The number of hydrogen-bond acceptors (Lipinski definition) is 4. The Bertz CT molecular complexity index is 233. The van der Waals surface area contributed by atoms with E-state index in [4.69, 9.17) is 10.5 Å². The molecule has 0 amide bonds. The summed E-state index contributed by atoms with van der Waals surface area (Å²) in [5.74, 6) is 2.04. The van der Waals surface area contributed by atoms with Crippen molar-refractivity contribution in [2.75, 3.05) is 19.0 Å². The summed E-state index contributed by atoms with van der Waals surface area (Å²) < 4.78 is 5.41. The molecule has 2 rings (SSSR count). The van der Waals surface area contributed by atoms with E-state index in [0.717, 1.165) is 29.6 Å². The minimum absolute atomic E-state index is 0.380. The van der Waals surface area contributed by atoms with Gasteiger partial charge in [-0.1, -0.05) is 13.8 Å². The van der Waals surface area contributed by atoms with Gasteiger partial charge in [0.2, 0.25) is 0 Å². The molecule has 2 N–H and O–H groups in total. The van der Waals surface area contributed by atoms with Crippen LogP contribution in [0.1, 0.15) is 33.1 Å². The lowest BCUT2D eigenvalue weighted by atomic mass is 9.92. The van der Waals surface area contributed by atoms with Crippen LogP contribution in [0, 0.1) is 5.92 Å². The summed E-state index contributed by atoms with van der Waals surface area (Å²) in [4.78, 5) is 0. The second-order valence-electron chi connectivity index (χ2n) is 5.37. The molecule has 4 atom stereocenters. The molecular formula is C13H25NOS2. The van der Waals surface area contributed by atoms with Crippen molar-refractivity contribution in [3.8, 4) is 0 Å². The van der Waals surface area contributed by atoms with Crippen LogP contribution in [0.15, 0.2) is 0 Å². The Morgan fingerprint density at radius 3 is 2.59 bits per heavy atom. The second kappa shape index (κ2) is 6.69. The van der Waals surface area contributed by atoms with Gasteiger partial charge in [-0.05, 0) is 25.2 Å². The van der Waals surface area contributed by atoms with Crippen molar-refractivity contribution in [1.29, 1.82) is 0 Å². The van der Waals surface area contributed by atoms with Crippen molar-refractivity contribution in [3.63, 3.8) is 0 Å². The smallest absolute Gasteiger partial charge is 0.0468 e. The molecule has 4 unspecified atom stereocenters. The second-order valence-corrected chi connectivity index (χ2v) is 8.40. The normalized spacial score (nSPS) is 37.9. The zero-order chi connectivity index (χ0) is 12.3. The highest BCUT2D eigenvalue weighted by Crippen LogP contribution is 2.38. The first kappa shape index (κ1) is 14.0. The van der Waals surface area contributed by atoms with Gasteiger partial charge < -0.3 is 10.5 Å². The molecule has 4 heteroatoms. The Morgan fingerprint density at radius 1 is 1.24 bits per heavy atom. The van der Waals surface area contributed by atoms with Gasteiger partial charge in [0.1, 0.15) is 0 Å². The first-order chi connectivity index (χ1) is 8.16. The fraction of sp³-hybridized carbons (Fsp3) is 1.00. The van der Waals surface area contributed by atoms with E-state index < -0.39 is 0 Å². The molecule has 0 radical (unpaired) electrons. The number of nitrogens with two attached hydrogens (primary N) is 1. The number of thioether (sulfide) groups is 2. The molecule has 2 fully saturated rings. The summed E-state index contributed by atoms with van der Waals surface area (Å²) in [7, 11) is 0. The summed E-state index contributed by atoms with van der Waals surface area (Å²) in [6, 6.07) is 0.380. The van der Waals surface area contributed by atoms with Crippen molar-refractivity contribution in [1.82, 2.24) is 0 Å². The standard InChI is InChI=1S/C13H25NOS2/c1-9-10(2)17-13(8-16-9)12(14)7-11-3-5-15-6-4-11/h9-13H,3-8,14H2,1-2H3. The highest BCUT2D eigenvalue weighted by atomic mass is 32.2. The fourth-order valence-electron chi connectivity index (χ4n) is 2.55. The molecule has 0 aromatic rings. The van der Waals surface area contributed by atoms with Gasteiger partial charge in [0.05, 0.1) is 0 Å². The molecule has 0 spiro atoms. The summed E-state index contributed by atoms with van der Waals surface area (Å²) in [6.07, 6.45) is 3.62. The van der Waals surface area contributed by atoms with Gasteiger partial charge in [-0.2, -0.15) is 23.5 Å². The molecule has 2 heterocycles. The van der Waals surface area contributed by atoms with Crippen molar-refractivity contribution >= 4 is 23.5 Å². The third-order valence-electron chi connectivity index (χ3n) is 4.00. The Balaban J connectivity index is 1.77. The average Bonchev–Trinajstić information content (AvgIpc) is 2.34. The largest absolute Gasteiger partial charge is 0.381 e. The third-order valence-corrected chi connectivity index (χ3v) is 7.57. The summed E-state index contributed by atoms with van der Waals surface area (Å²) in [5.41, 5.74) is 6.41. The topological polar surface area (TPSA) is 35.2 Å². The molecule has 100 valence electrons. The van der Waals surface area contributed by atoms with Gasteiger partial charge in [0.25, 0.3) is 0 Å². The van der Waals surface area contributed by atoms with Gasteiger partial charge in [-0.15, -0.1) is 0 Å². The number of ether oxygens (including phenoxy) is 1. The number of rotatable bonds is 3. The Kier molecular flexibility index (Phi) is 5.52. The molecule has 0 bridgehead atoms. The maximum atomic E-state index is 6.41. The fourth-order valence-corrected chi connectivity index (χ4v) is 5.63. The summed E-state index contributed by atoms with van der Waals surface area (Å²) in [5, 5.41) is 2.19. The van der Waals surface area contributed by atoms with Crippen LogP contribution < -0.4 is 5.73 Å². The number of hydrogen-bond donors (Lipinski definition) is 1. The zero-order valence-electron chi connectivity index (χ0n) is 10.9. The van der Waals surface area contributed by atoms with E-state index in [9.17, 15) is 0 Å². The van der Waals surface area contributed by atoms with E-state index in [1.165, 1.54) is 25.0 Å². The van der Waals surface area contributed by atoms with E-state index in [0.29, 0.717) is 11.3 Å². The molecular weight excluding hydrogens is 250 g/mol. The maximum Gasteiger partial charge on any atom is 0.0468 e. The van der Waals surface area contributed by atoms with Gasteiger partial charge in [-0.3, -0.25) is 0 Å². The molecule has 2 saturated heterocycles. The quantitative estimate of drug-likeness (QED) is 0.859. The minimum Gasteiger partial charge on any atom is -0.381 e. The molecule has 0 aromatic carbocycles. The van der Waals surface area contributed by atoms with E-state index in [-0.39, 0.29) is 0 Å². The molecule has 2 aliphatic rings. The van der Waals surface area contributed by atoms with Crippen LogP contribution >= 0.6 is 23.5 Å². The third kappa shape index (κ3) is 4.05. The summed E-state index contributed by atoms with van der Waals surface area (Å²) >= 11 is 4.21. The van der Waals surface area contributed by atoms with E-state index in [2.05, 4.69) is 37.4 Å². The van der Waals surface area contributed by atoms with Crippen LogP contribution in [0.3, 0.4) is 0 Å².